The molecule has 0 bridgehead atoms. The number of hydrogen-bond donors (Lipinski definition) is 1. The predicted molar refractivity (Wildman–Crippen MR) is 135 cm³/mol. The zero-order valence-electron chi connectivity index (χ0n) is 20.8. The van der Waals surface area contributed by atoms with E-state index in [4.69, 9.17) is 4.42 Å². The highest BCUT2D eigenvalue weighted by Crippen LogP contribution is 2.31. The first-order valence-corrected chi connectivity index (χ1v) is 11.7. The fourth-order valence-electron chi connectivity index (χ4n) is 3.92. The molecule has 182 valence electrons. The Morgan fingerprint density at radius 3 is 2.54 bits per heavy atom. The molecular weight excluding hydrogens is 442 g/mol. The maximum absolute atomic E-state index is 13.9. The topological polar surface area (TPSA) is 93.3 Å². The van der Waals surface area contributed by atoms with Crippen LogP contribution in [-0.4, -0.2) is 32.3 Å². The van der Waals surface area contributed by atoms with E-state index in [9.17, 15) is 9.59 Å². The van der Waals surface area contributed by atoms with Gasteiger partial charge in [0.1, 0.15) is 23.6 Å². The minimum Gasteiger partial charge on any atom is -0.464 e. The van der Waals surface area contributed by atoms with Crippen molar-refractivity contribution < 1.29 is 14.0 Å². The van der Waals surface area contributed by atoms with Gasteiger partial charge in [-0.25, -0.2) is 4.68 Å². The summed E-state index contributed by atoms with van der Waals surface area (Å²) in [6.07, 6.45) is 0.728. The van der Waals surface area contributed by atoms with E-state index in [0.29, 0.717) is 22.7 Å². The molecule has 2 aromatic carbocycles. The zero-order valence-corrected chi connectivity index (χ0v) is 20.8. The molecule has 0 saturated carbocycles. The Morgan fingerprint density at radius 1 is 1.09 bits per heavy atom. The first kappa shape index (κ1) is 24.2. The lowest BCUT2D eigenvalue weighted by Crippen LogP contribution is -2.51. The monoisotopic (exact) mass is 473 g/mol. The summed E-state index contributed by atoms with van der Waals surface area (Å²) in [7, 11) is 0. The Labute approximate surface area is 204 Å². The molecule has 4 aromatic rings. The SMILES string of the molecule is CCC(C)(C)NC(=O)C(c1ccc(C)o1)N(C(=O)Cn1nnc2ccccc21)c1cccc(C)c1. The molecule has 0 aliphatic carbocycles. The summed E-state index contributed by atoms with van der Waals surface area (Å²) in [6, 6.07) is 17.5. The molecule has 2 heterocycles. The number of amides is 2. The molecule has 1 unspecified atom stereocenters. The number of carbonyl (C=O) groups is 2. The van der Waals surface area contributed by atoms with E-state index in [1.165, 1.54) is 4.90 Å². The van der Waals surface area contributed by atoms with Crippen LogP contribution in [0.4, 0.5) is 5.69 Å². The minimum absolute atomic E-state index is 0.0882. The van der Waals surface area contributed by atoms with Crippen LogP contribution in [0.25, 0.3) is 11.0 Å². The molecule has 2 amide bonds. The Kier molecular flexibility index (Phi) is 6.73. The fraction of sp³-hybridized carbons (Fsp3) is 0.333. The molecule has 4 rings (SSSR count). The van der Waals surface area contributed by atoms with E-state index in [1.807, 2.05) is 83.1 Å². The average Bonchev–Trinajstić information content (AvgIpc) is 3.43. The Hall–Kier alpha value is -3.94. The number of anilines is 1. The smallest absolute Gasteiger partial charge is 0.251 e. The van der Waals surface area contributed by atoms with Crippen molar-refractivity contribution in [1.82, 2.24) is 20.3 Å². The van der Waals surface area contributed by atoms with Crippen LogP contribution in [0.3, 0.4) is 0 Å². The average molecular weight is 474 g/mol. The molecule has 35 heavy (non-hydrogen) atoms. The van der Waals surface area contributed by atoms with Crippen molar-refractivity contribution in [2.75, 3.05) is 4.90 Å². The van der Waals surface area contributed by atoms with E-state index in [2.05, 4.69) is 15.6 Å². The number of rotatable bonds is 8. The van der Waals surface area contributed by atoms with Gasteiger partial charge in [0.15, 0.2) is 6.04 Å². The molecule has 1 N–H and O–H groups in total. The fourth-order valence-corrected chi connectivity index (χ4v) is 3.92. The first-order valence-electron chi connectivity index (χ1n) is 11.7. The Bertz CT molecular complexity index is 1350. The lowest BCUT2D eigenvalue weighted by Gasteiger charge is -2.33. The third kappa shape index (κ3) is 5.26. The van der Waals surface area contributed by atoms with Crippen molar-refractivity contribution in [2.45, 2.75) is 59.2 Å². The van der Waals surface area contributed by atoms with Crippen LogP contribution in [0.5, 0.6) is 0 Å². The summed E-state index contributed by atoms with van der Waals surface area (Å²) in [5.41, 5.74) is 2.55. The summed E-state index contributed by atoms with van der Waals surface area (Å²) in [4.78, 5) is 29.2. The van der Waals surface area contributed by atoms with Crippen LogP contribution < -0.4 is 10.2 Å². The van der Waals surface area contributed by atoms with Gasteiger partial charge in [-0.2, -0.15) is 0 Å². The van der Waals surface area contributed by atoms with Crippen molar-refractivity contribution in [1.29, 1.82) is 0 Å². The lowest BCUT2D eigenvalue weighted by atomic mass is 10.0. The maximum Gasteiger partial charge on any atom is 0.251 e. The van der Waals surface area contributed by atoms with Crippen LogP contribution in [0.2, 0.25) is 0 Å². The Morgan fingerprint density at radius 2 is 1.86 bits per heavy atom. The van der Waals surface area contributed by atoms with Crippen molar-refractivity contribution >= 4 is 28.5 Å². The molecule has 8 nitrogen and oxygen atoms in total. The van der Waals surface area contributed by atoms with Gasteiger partial charge in [-0.1, -0.05) is 36.4 Å². The van der Waals surface area contributed by atoms with Gasteiger partial charge >= 0.3 is 0 Å². The first-order chi connectivity index (χ1) is 16.7. The van der Waals surface area contributed by atoms with Crippen LogP contribution >= 0.6 is 0 Å². The molecule has 0 aliphatic rings. The molecule has 8 heteroatoms. The van der Waals surface area contributed by atoms with Crippen LogP contribution in [-0.2, 0) is 16.1 Å². The summed E-state index contributed by atoms with van der Waals surface area (Å²) < 4.78 is 7.47. The molecule has 0 fully saturated rings. The maximum atomic E-state index is 13.9. The summed E-state index contributed by atoms with van der Waals surface area (Å²) in [6.45, 7) is 9.59. The minimum atomic E-state index is -1.00. The number of nitrogens with one attached hydrogen (secondary N) is 1. The number of carbonyl (C=O) groups excluding carboxylic acids is 2. The number of nitrogens with zero attached hydrogens (tertiary/aromatic N) is 4. The largest absolute Gasteiger partial charge is 0.464 e. The zero-order chi connectivity index (χ0) is 25.2. The van der Waals surface area contributed by atoms with Gasteiger partial charge < -0.3 is 9.73 Å². The standard InChI is InChI=1S/C27H31N5O3/c1-6-27(4,5)28-26(34)25(23-15-14-19(3)35-23)32(20-11-9-10-18(2)16-20)24(33)17-31-22-13-8-7-12-21(22)29-30-31/h7-16,25H,6,17H2,1-5H3,(H,28,34). The summed E-state index contributed by atoms with van der Waals surface area (Å²) >= 11 is 0. The normalized spacial score (nSPS) is 12.5. The number of aryl methyl sites for hydroxylation is 2. The van der Waals surface area contributed by atoms with Gasteiger partial charge in [0.25, 0.3) is 5.91 Å². The second-order valence-corrected chi connectivity index (χ2v) is 9.42. The number of hydrogen-bond acceptors (Lipinski definition) is 5. The van der Waals surface area contributed by atoms with Gasteiger partial charge in [0.05, 0.1) is 5.52 Å². The molecular formula is C27H31N5O3. The molecule has 0 saturated heterocycles. The van der Waals surface area contributed by atoms with Gasteiger partial charge in [0, 0.05) is 11.2 Å². The quantitative estimate of drug-likeness (QED) is 0.400. The third-order valence-electron chi connectivity index (χ3n) is 6.14. The van der Waals surface area contributed by atoms with E-state index in [-0.39, 0.29) is 18.4 Å². The lowest BCUT2D eigenvalue weighted by molar-refractivity contribution is -0.128. The number of benzene rings is 2. The van der Waals surface area contributed by atoms with Crippen molar-refractivity contribution in [3.8, 4) is 0 Å². The summed E-state index contributed by atoms with van der Waals surface area (Å²) in [5, 5.41) is 11.4. The van der Waals surface area contributed by atoms with E-state index in [1.54, 1.807) is 16.8 Å². The van der Waals surface area contributed by atoms with Crippen LogP contribution in [0, 0.1) is 13.8 Å². The van der Waals surface area contributed by atoms with Crippen molar-refractivity contribution in [3.63, 3.8) is 0 Å². The number of aromatic nitrogens is 3. The van der Waals surface area contributed by atoms with E-state index >= 15 is 0 Å². The molecule has 1 atom stereocenters. The predicted octanol–water partition coefficient (Wildman–Crippen LogP) is 4.72. The van der Waals surface area contributed by atoms with Crippen LogP contribution in [0.1, 0.15) is 50.3 Å². The van der Waals surface area contributed by atoms with Crippen molar-refractivity contribution in [3.05, 3.63) is 77.7 Å². The van der Waals surface area contributed by atoms with E-state index in [0.717, 1.165) is 17.5 Å². The third-order valence-corrected chi connectivity index (χ3v) is 6.14. The number of fused-ring (bicyclic) bond motifs is 1. The molecule has 0 aliphatic heterocycles. The van der Waals surface area contributed by atoms with Gasteiger partial charge in [-0.3, -0.25) is 14.5 Å². The molecule has 0 radical (unpaired) electrons. The second kappa shape index (κ2) is 9.74. The number of furan rings is 1. The second-order valence-electron chi connectivity index (χ2n) is 9.42. The highest BCUT2D eigenvalue weighted by atomic mass is 16.3. The number of para-hydroxylation sites is 1. The molecule has 2 aromatic heterocycles. The van der Waals surface area contributed by atoms with E-state index < -0.39 is 11.6 Å². The summed E-state index contributed by atoms with van der Waals surface area (Å²) in [5.74, 6) is 0.427. The van der Waals surface area contributed by atoms with Crippen molar-refractivity contribution in [2.24, 2.45) is 0 Å². The van der Waals surface area contributed by atoms with Gasteiger partial charge in [-0.05, 0) is 76.1 Å². The molecule has 0 spiro atoms. The van der Waals surface area contributed by atoms with Gasteiger partial charge in [0.2, 0.25) is 5.91 Å². The Balaban J connectivity index is 1.80. The van der Waals surface area contributed by atoms with Gasteiger partial charge in [-0.15, -0.1) is 5.10 Å². The van der Waals surface area contributed by atoms with Crippen LogP contribution in [0.15, 0.2) is 65.1 Å². The highest BCUT2D eigenvalue weighted by Gasteiger charge is 2.37. The highest BCUT2D eigenvalue weighted by molar-refractivity contribution is 6.01.